The number of halogens is 2. The van der Waals surface area contributed by atoms with Gasteiger partial charge in [-0.05, 0) is 36.4 Å². The Morgan fingerprint density at radius 2 is 1.95 bits per heavy atom. The summed E-state index contributed by atoms with van der Waals surface area (Å²) in [4.78, 5) is 16.4. The maximum atomic E-state index is 13.6. The van der Waals surface area contributed by atoms with Gasteiger partial charge in [-0.3, -0.25) is 9.78 Å². The molecule has 0 aliphatic heterocycles. The Bertz CT molecular complexity index is 835. The van der Waals surface area contributed by atoms with Gasteiger partial charge in [0.2, 0.25) is 0 Å². The van der Waals surface area contributed by atoms with E-state index in [0.717, 1.165) is 15.4 Å². The van der Waals surface area contributed by atoms with Crippen molar-refractivity contribution in [2.75, 3.05) is 5.32 Å². The molecular weight excluding hydrogens is 335 g/mol. The maximum Gasteiger partial charge on any atom is 0.258 e. The third-order valence-electron chi connectivity index (χ3n) is 3.07. The van der Waals surface area contributed by atoms with Crippen LogP contribution in [-0.2, 0) is 0 Å². The number of nitrogens with zero attached hydrogens (tertiary/aromatic N) is 1. The van der Waals surface area contributed by atoms with E-state index in [2.05, 4.69) is 26.2 Å². The van der Waals surface area contributed by atoms with E-state index < -0.39 is 11.7 Å². The van der Waals surface area contributed by atoms with Crippen molar-refractivity contribution in [3.05, 3.63) is 70.6 Å². The van der Waals surface area contributed by atoms with Crippen LogP contribution in [0.5, 0.6) is 0 Å². The second-order valence-electron chi connectivity index (χ2n) is 4.45. The highest BCUT2D eigenvalue weighted by atomic mass is 79.9. The van der Waals surface area contributed by atoms with E-state index in [1.165, 1.54) is 12.1 Å². The summed E-state index contributed by atoms with van der Waals surface area (Å²) in [6.45, 7) is 0. The molecule has 3 nitrogen and oxygen atoms in total. The van der Waals surface area contributed by atoms with Gasteiger partial charge in [0, 0.05) is 16.1 Å². The molecule has 0 bridgehead atoms. The Morgan fingerprint density at radius 3 is 2.76 bits per heavy atom. The third-order valence-corrected chi connectivity index (χ3v) is 3.56. The second kappa shape index (κ2) is 5.61. The molecule has 5 heteroatoms. The summed E-state index contributed by atoms with van der Waals surface area (Å²) < 4.78 is 14.5. The summed E-state index contributed by atoms with van der Waals surface area (Å²) in [6, 6.07) is 13.1. The lowest BCUT2D eigenvalue weighted by atomic mass is 10.1. The molecule has 0 aliphatic carbocycles. The van der Waals surface area contributed by atoms with E-state index >= 15 is 0 Å². The Morgan fingerprint density at radius 1 is 1.14 bits per heavy atom. The van der Waals surface area contributed by atoms with E-state index in [-0.39, 0.29) is 5.56 Å². The number of aromatic nitrogens is 1. The normalized spacial score (nSPS) is 10.6. The van der Waals surface area contributed by atoms with Crippen LogP contribution in [0, 0.1) is 5.82 Å². The SMILES string of the molecule is O=C(Nc1ccnc2ccc(Br)cc12)c1ccccc1F. The lowest BCUT2D eigenvalue weighted by molar-refractivity contribution is 0.102. The van der Waals surface area contributed by atoms with Crippen molar-refractivity contribution in [3.8, 4) is 0 Å². The van der Waals surface area contributed by atoms with Crippen LogP contribution < -0.4 is 5.32 Å². The second-order valence-corrected chi connectivity index (χ2v) is 5.37. The van der Waals surface area contributed by atoms with Gasteiger partial charge in [0.1, 0.15) is 5.82 Å². The quantitative estimate of drug-likeness (QED) is 0.749. The minimum absolute atomic E-state index is 0.0115. The van der Waals surface area contributed by atoms with Crippen LogP contribution in [0.15, 0.2) is 59.2 Å². The van der Waals surface area contributed by atoms with Gasteiger partial charge in [0.15, 0.2) is 0 Å². The zero-order valence-corrected chi connectivity index (χ0v) is 12.4. The van der Waals surface area contributed by atoms with E-state index in [0.29, 0.717) is 5.69 Å². The predicted octanol–water partition coefficient (Wildman–Crippen LogP) is 4.39. The number of carbonyl (C=O) groups is 1. The summed E-state index contributed by atoms with van der Waals surface area (Å²) in [5.41, 5.74) is 1.36. The molecule has 1 amide bonds. The van der Waals surface area contributed by atoms with Crippen molar-refractivity contribution in [1.82, 2.24) is 4.98 Å². The van der Waals surface area contributed by atoms with E-state index in [1.54, 1.807) is 24.4 Å². The highest BCUT2D eigenvalue weighted by Crippen LogP contribution is 2.25. The minimum atomic E-state index is -0.547. The van der Waals surface area contributed by atoms with Gasteiger partial charge in [0.25, 0.3) is 5.91 Å². The Balaban J connectivity index is 2.00. The Kier molecular flexibility index (Phi) is 3.66. The van der Waals surface area contributed by atoms with E-state index in [4.69, 9.17) is 0 Å². The Hall–Kier alpha value is -2.27. The molecule has 104 valence electrons. The smallest absolute Gasteiger partial charge is 0.258 e. The molecule has 0 atom stereocenters. The summed E-state index contributed by atoms with van der Waals surface area (Å²) in [5, 5.41) is 3.52. The van der Waals surface area contributed by atoms with Gasteiger partial charge >= 0.3 is 0 Å². The number of hydrogen-bond acceptors (Lipinski definition) is 2. The fourth-order valence-electron chi connectivity index (χ4n) is 2.06. The van der Waals surface area contributed by atoms with Crippen molar-refractivity contribution < 1.29 is 9.18 Å². The molecule has 0 radical (unpaired) electrons. The molecule has 1 aromatic heterocycles. The van der Waals surface area contributed by atoms with Crippen LogP contribution in [0.4, 0.5) is 10.1 Å². The summed E-state index contributed by atoms with van der Waals surface area (Å²) in [7, 11) is 0. The molecule has 0 saturated carbocycles. The molecule has 21 heavy (non-hydrogen) atoms. The molecule has 3 rings (SSSR count). The molecule has 3 aromatic rings. The number of pyridine rings is 1. The van der Waals surface area contributed by atoms with Crippen molar-refractivity contribution in [2.24, 2.45) is 0 Å². The summed E-state index contributed by atoms with van der Waals surface area (Å²) in [6.07, 6.45) is 1.60. The van der Waals surface area contributed by atoms with Crippen molar-refractivity contribution in [3.63, 3.8) is 0 Å². The molecule has 2 aromatic carbocycles. The number of hydrogen-bond donors (Lipinski definition) is 1. The van der Waals surface area contributed by atoms with Crippen molar-refractivity contribution in [1.29, 1.82) is 0 Å². The Labute approximate surface area is 128 Å². The summed E-state index contributed by atoms with van der Waals surface area (Å²) >= 11 is 3.39. The first-order valence-electron chi connectivity index (χ1n) is 6.25. The number of benzene rings is 2. The first-order chi connectivity index (χ1) is 10.1. The zero-order chi connectivity index (χ0) is 14.8. The van der Waals surface area contributed by atoms with Crippen molar-refractivity contribution >= 4 is 38.4 Å². The first kappa shape index (κ1) is 13.7. The fraction of sp³-hybridized carbons (Fsp3) is 0. The highest BCUT2D eigenvalue weighted by molar-refractivity contribution is 9.10. The zero-order valence-electron chi connectivity index (χ0n) is 10.8. The largest absolute Gasteiger partial charge is 0.321 e. The molecule has 0 unspecified atom stereocenters. The van der Waals surface area contributed by atoms with Crippen LogP contribution in [0.3, 0.4) is 0 Å². The molecule has 1 heterocycles. The molecule has 0 aliphatic rings. The number of rotatable bonds is 2. The van der Waals surface area contributed by atoms with Crippen LogP contribution in [-0.4, -0.2) is 10.9 Å². The van der Waals surface area contributed by atoms with Crippen LogP contribution in [0.25, 0.3) is 10.9 Å². The molecule has 1 N–H and O–H groups in total. The van der Waals surface area contributed by atoms with Gasteiger partial charge < -0.3 is 5.32 Å². The van der Waals surface area contributed by atoms with Crippen molar-refractivity contribution in [2.45, 2.75) is 0 Å². The average molecular weight is 345 g/mol. The van der Waals surface area contributed by atoms with E-state index in [1.807, 2.05) is 18.2 Å². The van der Waals surface area contributed by atoms with Crippen LogP contribution in [0.1, 0.15) is 10.4 Å². The molecule has 0 fully saturated rings. The number of fused-ring (bicyclic) bond motifs is 1. The first-order valence-corrected chi connectivity index (χ1v) is 7.04. The predicted molar refractivity (Wildman–Crippen MR) is 83.8 cm³/mol. The average Bonchev–Trinajstić information content (AvgIpc) is 2.48. The summed E-state index contributed by atoms with van der Waals surface area (Å²) in [5.74, 6) is -1.03. The molecule has 0 saturated heterocycles. The lowest BCUT2D eigenvalue weighted by Gasteiger charge is -2.09. The standard InChI is InChI=1S/C16H10BrFN2O/c17-10-5-6-14-12(9-10)15(7-8-19-14)20-16(21)11-3-1-2-4-13(11)18/h1-9H,(H,19,20,21). The van der Waals surface area contributed by atoms with Gasteiger partial charge in [0.05, 0.1) is 16.8 Å². The monoisotopic (exact) mass is 344 g/mol. The number of carbonyl (C=O) groups excluding carboxylic acids is 1. The molecule has 0 spiro atoms. The maximum absolute atomic E-state index is 13.6. The minimum Gasteiger partial charge on any atom is -0.321 e. The van der Waals surface area contributed by atoms with Crippen LogP contribution >= 0.6 is 15.9 Å². The number of amides is 1. The van der Waals surface area contributed by atoms with Gasteiger partial charge in [-0.1, -0.05) is 28.1 Å². The fourth-order valence-corrected chi connectivity index (χ4v) is 2.42. The third kappa shape index (κ3) is 2.78. The number of nitrogens with one attached hydrogen (secondary N) is 1. The number of anilines is 1. The van der Waals surface area contributed by atoms with Gasteiger partial charge in [-0.25, -0.2) is 4.39 Å². The van der Waals surface area contributed by atoms with Gasteiger partial charge in [-0.15, -0.1) is 0 Å². The van der Waals surface area contributed by atoms with E-state index in [9.17, 15) is 9.18 Å². The highest BCUT2D eigenvalue weighted by Gasteiger charge is 2.12. The van der Waals surface area contributed by atoms with Gasteiger partial charge in [-0.2, -0.15) is 0 Å². The molecular formula is C16H10BrFN2O. The topological polar surface area (TPSA) is 42.0 Å². The van der Waals surface area contributed by atoms with Crippen LogP contribution in [0.2, 0.25) is 0 Å². The lowest BCUT2D eigenvalue weighted by Crippen LogP contribution is -2.14.